The van der Waals surface area contributed by atoms with E-state index in [1.807, 2.05) is 37.3 Å². The molecule has 0 amide bonds. The molecule has 2 heterocycles. The summed E-state index contributed by atoms with van der Waals surface area (Å²) < 4.78 is 5.39. The molecule has 1 unspecified atom stereocenters. The summed E-state index contributed by atoms with van der Waals surface area (Å²) in [5.74, 6) is 2.65. The molecule has 2 N–H and O–H groups in total. The van der Waals surface area contributed by atoms with Crippen molar-refractivity contribution in [3.8, 4) is 11.4 Å². The maximum atomic E-state index is 6.13. The molecule has 2 aromatic rings. The first kappa shape index (κ1) is 19.7. The molecule has 3 rings (SSSR count). The minimum Gasteiger partial charge on any atom is -0.370 e. The first-order valence-electron chi connectivity index (χ1n) is 8.57. The van der Waals surface area contributed by atoms with Gasteiger partial charge in [0.15, 0.2) is 5.96 Å². The fourth-order valence-electron chi connectivity index (χ4n) is 2.79. The lowest BCUT2D eigenvalue weighted by Crippen LogP contribution is -2.42. The molecule has 1 atom stereocenters. The van der Waals surface area contributed by atoms with Crippen molar-refractivity contribution in [1.82, 2.24) is 15.0 Å². The van der Waals surface area contributed by atoms with E-state index in [4.69, 9.17) is 10.3 Å². The van der Waals surface area contributed by atoms with Crippen LogP contribution in [0, 0.1) is 5.92 Å². The smallest absolute Gasteiger partial charge is 0.231 e. The lowest BCUT2D eigenvalue weighted by Gasteiger charge is -2.31. The maximum Gasteiger partial charge on any atom is 0.231 e. The zero-order chi connectivity index (χ0) is 16.9. The van der Waals surface area contributed by atoms with Gasteiger partial charge in [0, 0.05) is 18.7 Å². The Hall–Kier alpha value is -1.64. The number of aliphatic imine (C=N–C) groups is 1. The van der Waals surface area contributed by atoms with Gasteiger partial charge in [0.2, 0.25) is 11.7 Å². The van der Waals surface area contributed by atoms with E-state index in [9.17, 15) is 0 Å². The van der Waals surface area contributed by atoms with Crippen LogP contribution in [0.15, 0.2) is 39.8 Å². The monoisotopic (exact) mass is 455 g/mol. The standard InChI is InChI=1S/C18H25N5O.HI/c1-13-8-10-23(11-9-13)18(19)20-12-14(2)17-21-16(22-24-17)15-6-4-3-5-7-15;/h3-7,13-14H,8-12H2,1-2H3,(H2,19,20);1H. The normalized spacial score (nSPS) is 17.2. The molecule has 0 aliphatic carbocycles. The summed E-state index contributed by atoms with van der Waals surface area (Å²) in [5, 5.41) is 4.06. The second kappa shape index (κ2) is 9.17. The van der Waals surface area contributed by atoms with Crippen LogP contribution in [0.4, 0.5) is 0 Å². The van der Waals surface area contributed by atoms with Crippen molar-refractivity contribution < 1.29 is 4.52 Å². The number of rotatable bonds is 4. The van der Waals surface area contributed by atoms with Crippen LogP contribution in [0.25, 0.3) is 11.4 Å². The third-order valence-electron chi connectivity index (χ3n) is 4.53. The highest BCUT2D eigenvalue weighted by atomic mass is 127. The second-order valence-electron chi connectivity index (χ2n) is 6.59. The van der Waals surface area contributed by atoms with Crippen molar-refractivity contribution >= 4 is 29.9 Å². The van der Waals surface area contributed by atoms with Crippen LogP contribution in [0.1, 0.15) is 38.5 Å². The number of hydrogen-bond acceptors (Lipinski definition) is 4. The van der Waals surface area contributed by atoms with E-state index in [0.29, 0.717) is 24.2 Å². The van der Waals surface area contributed by atoms with Crippen molar-refractivity contribution in [2.24, 2.45) is 16.6 Å². The molecule has 7 heteroatoms. The van der Waals surface area contributed by atoms with Crippen LogP contribution >= 0.6 is 24.0 Å². The number of piperidine rings is 1. The van der Waals surface area contributed by atoms with Gasteiger partial charge in [0.1, 0.15) is 0 Å². The van der Waals surface area contributed by atoms with Gasteiger partial charge in [-0.15, -0.1) is 24.0 Å². The van der Waals surface area contributed by atoms with Gasteiger partial charge in [-0.2, -0.15) is 4.98 Å². The van der Waals surface area contributed by atoms with Crippen molar-refractivity contribution in [2.45, 2.75) is 32.6 Å². The Kier molecular flexibility index (Phi) is 7.22. The van der Waals surface area contributed by atoms with Crippen LogP contribution in [0.2, 0.25) is 0 Å². The highest BCUT2D eigenvalue weighted by Crippen LogP contribution is 2.20. The van der Waals surface area contributed by atoms with E-state index >= 15 is 0 Å². The number of nitrogens with two attached hydrogens (primary N) is 1. The van der Waals surface area contributed by atoms with Crippen LogP contribution in [0.5, 0.6) is 0 Å². The quantitative estimate of drug-likeness (QED) is 0.434. The molecule has 136 valence electrons. The molecular formula is C18H26IN5O. The summed E-state index contributed by atoms with van der Waals surface area (Å²) in [6.45, 7) is 6.84. The Labute approximate surface area is 165 Å². The lowest BCUT2D eigenvalue weighted by atomic mass is 10.00. The van der Waals surface area contributed by atoms with E-state index in [-0.39, 0.29) is 29.9 Å². The number of benzene rings is 1. The van der Waals surface area contributed by atoms with Gasteiger partial charge in [-0.25, -0.2) is 0 Å². The molecule has 6 nitrogen and oxygen atoms in total. The molecule has 1 aliphatic rings. The number of nitrogens with zero attached hydrogens (tertiary/aromatic N) is 4. The summed E-state index contributed by atoms with van der Waals surface area (Å²) in [7, 11) is 0. The highest BCUT2D eigenvalue weighted by Gasteiger charge is 2.18. The first-order valence-corrected chi connectivity index (χ1v) is 8.57. The third-order valence-corrected chi connectivity index (χ3v) is 4.53. The Morgan fingerprint density at radius 2 is 2.00 bits per heavy atom. The molecular weight excluding hydrogens is 429 g/mol. The molecule has 0 spiro atoms. The van der Waals surface area contributed by atoms with E-state index in [1.54, 1.807) is 0 Å². The van der Waals surface area contributed by atoms with Gasteiger partial charge < -0.3 is 15.2 Å². The Balaban J connectivity index is 0.00000225. The number of halogens is 1. The summed E-state index contributed by atoms with van der Waals surface area (Å²) in [4.78, 5) is 11.2. The van der Waals surface area contributed by atoms with Crippen LogP contribution in [0.3, 0.4) is 0 Å². The minimum absolute atomic E-state index is 0. The Morgan fingerprint density at radius 1 is 1.32 bits per heavy atom. The van der Waals surface area contributed by atoms with Crippen molar-refractivity contribution in [3.05, 3.63) is 36.2 Å². The van der Waals surface area contributed by atoms with Gasteiger partial charge >= 0.3 is 0 Å². The molecule has 0 radical (unpaired) electrons. The van der Waals surface area contributed by atoms with Crippen LogP contribution < -0.4 is 5.73 Å². The van der Waals surface area contributed by atoms with Crippen molar-refractivity contribution in [1.29, 1.82) is 0 Å². The summed E-state index contributed by atoms with van der Waals surface area (Å²) in [6.07, 6.45) is 2.35. The number of hydrogen-bond donors (Lipinski definition) is 1. The maximum absolute atomic E-state index is 6.13. The summed E-state index contributed by atoms with van der Waals surface area (Å²) in [6, 6.07) is 9.81. The highest BCUT2D eigenvalue weighted by molar-refractivity contribution is 14.0. The summed E-state index contributed by atoms with van der Waals surface area (Å²) >= 11 is 0. The average molecular weight is 455 g/mol. The number of likely N-dealkylation sites (tertiary alicyclic amines) is 1. The largest absolute Gasteiger partial charge is 0.370 e. The molecule has 1 aromatic carbocycles. The molecule has 0 bridgehead atoms. The van der Waals surface area contributed by atoms with Gasteiger partial charge in [0.05, 0.1) is 12.5 Å². The SMILES string of the molecule is CC1CCN(C(N)=NCC(C)c2nc(-c3ccccc3)no2)CC1.I. The fraction of sp³-hybridized carbons (Fsp3) is 0.500. The predicted octanol–water partition coefficient (Wildman–Crippen LogP) is 3.50. The van der Waals surface area contributed by atoms with E-state index in [2.05, 4.69) is 27.0 Å². The fourth-order valence-corrected chi connectivity index (χ4v) is 2.79. The predicted molar refractivity (Wildman–Crippen MR) is 110 cm³/mol. The third kappa shape index (κ3) is 5.17. The second-order valence-corrected chi connectivity index (χ2v) is 6.59. The van der Waals surface area contributed by atoms with Crippen molar-refractivity contribution in [3.63, 3.8) is 0 Å². The first-order chi connectivity index (χ1) is 11.6. The molecule has 0 saturated carbocycles. The topological polar surface area (TPSA) is 80.5 Å². The zero-order valence-corrected chi connectivity index (χ0v) is 17.1. The van der Waals surface area contributed by atoms with Gasteiger partial charge in [-0.1, -0.05) is 49.3 Å². The Morgan fingerprint density at radius 3 is 2.68 bits per heavy atom. The number of aromatic nitrogens is 2. The van der Waals surface area contributed by atoms with Crippen LogP contribution in [-0.2, 0) is 0 Å². The molecule has 1 saturated heterocycles. The number of guanidine groups is 1. The molecule has 1 fully saturated rings. The molecule has 1 aromatic heterocycles. The lowest BCUT2D eigenvalue weighted by molar-refractivity contribution is 0.277. The molecule has 1 aliphatic heterocycles. The summed E-state index contributed by atoms with van der Waals surface area (Å²) in [5.41, 5.74) is 7.08. The van der Waals surface area contributed by atoms with Gasteiger partial charge in [-0.05, 0) is 18.8 Å². The van der Waals surface area contributed by atoms with E-state index in [1.165, 1.54) is 12.8 Å². The van der Waals surface area contributed by atoms with Gasteiger partial charge in [-0.3, -0.25) is 4.99 Å². The zero-order valence-electron chi connectivity index (χ0n) is 14.8. The van der Waals surface area contributed by atoms with E-state index in [0.717, 1.165) is 24.6 Å². The van der Waals surface area contributed by atoms with Crippen molar-refractivity contribution in [2.75, 3.05) is 19.6 Å². The Bertz CT molecular complexity index is 680. The average Bonchev–Trinajstić information content (AvgIpc) is 3.11. The molecule has 25 heavy (non-hydrogen) atoms. The van der Waals surface area contributed by atoms with Crippen LogP contribution in [-0.4, -0.2) is 40.6 Å². The van der Waals surface area contributed by atoms with E-state index < -0.39 is 0 Å². The van der Waals surface area contributed by atoms with Gasteiger partial charge in [0.25, 0.3) is 0 Å². The minimum atomic E-state index is 0.